The van der Waals surface area contributed by atoms with Gasteiger partial charge in [-0.3, -0.25) is 0 Å². The van der Waals surface area contributed by atoms with Crippen LogP contribution in [0.15, 0.2) is 0 Å². The van der Waals surface area contributed by atoms with E-state index in [1.54, 1.807) is 22.5 Å². The zero-order valence-corrected chi connectivity index (χ0v) is 10.7. The summed E-state index contributed by atoms with van der Waals surface area (Å²) in [5.41, 5.74) is 6.90. The fraction of sp³-hybridized carbons (Fsp3) is 0.733. The van der Waals surface area contributed by atoms with Crippen molar-refractivity contribution in [2.24, 2.45) is 0 Å². The Hall–Kier alpha value is -0.720. The van der Waals surface area contributed by atoms with Crippen LogP contribution in [0.2, 0.25) is 0 Å². The van der Waals surface area contributed by atoms with Crippen LogP contribution >= 0.6 is 0 Å². The van der Waals surface area contributed by atoms with E-state index in [4.69, 9.17) is 0 Å². The summed E-state index contributed by atoms with van der Waals surface area (Å²) in [6, 6.07) is 0.870. The first-order valence-electron chi connectivity index (χ1n) is 7.10. The molecule has 0 aromatic carbocycles. The molecule has 1 nitrogen and oxygen atoms in total. The monoisotopic (exact) mass is 217 g/mol. The molecule has 0 saturated carbocycles. The molecule has 0 saturated heterocycles. The van der Waals surface area contributed by atoms with E-state index < -0.39 is 0 Å². The van der Waals surface area contributed by atoms with E-state index in [1.165, 1.54) is 51.4 Å². The summed E-state index contributed by atoms with van der Waals surface area (Å²) in [6.45, 7) is 4.65. The minimum Gasteiger partial charge on any atom is -0.345 e. The van der Waals surface area contributed by atoms with E-state index in [-0.39, 0.29) is 0 Å². The van der Waals surface area contributed by atoms with Crippen molar-refractivity contribution in [1.29, 1.82) is 0 Å². The van der Waals surface area contributed by atoms with E-state index in [9.17, 15) is 0 Å². The van der Waals surface area contributed by atoms with Crippen LogP contribution in [0.5, 0.6) is 0 Å². The van der Waals surface area contributed by atoms with Gasteiger partial charge in [-0.25, -0.2) is 0 Å². The summed E-state index contributed by atoms with van der Waals surface area (Å²) in [7, 11) is 0. The molecule has 88 valence electrons. The second-order valence-corrected chi connectivity index (χ2v) is 5.41. The van der Waals surface area contributed by atoms with Gasteiger partial charge in [-0.05, 0) is 56.1 Å². The van der Waals surface area contributed by atoms with Gasteiger partial charge in [0.2, 0.25) is 0 Å². The zero-order chi connectivity index (χ0) is 11.1. The summed E-state index contributed by atoms with van der Waals surface area (Å²) in [5, 5.41) is 0. The van der Waals surface area contributed by atoms with Crippen molar-refractivity contribution in [3.05, 3.63) is 22.5 Å². The number of rotatable bonds is 3. The molecule has 2 aliphatic rings. The Morgan fingerprint density at radius 1 is 1.06 bits per heavy atom. The van der Waals surface area contributed by atoms with Crippen molar-refractivity contribution in [3.8, 4) is 0 Å². The first-order chi connectivity index (χ1) is 7.86. The van der Waals surface area contributed by atoms with E-state index >= 15 is 0 Å². The Kier molecular flexibility index (Phi) is 2.57. The lowest BCUT2D eigenvalue weighted by Gasteiger charge is -2.23. The predicted molar refractivity (Wildman–Crippen MR) is 68.1 cm³/mol. The number of hydrogen-bond donors (Lipinski definition) is 0. The van der Waals surface area contributed by atoms with Gasteiger partial charge in [-0.2, -0.15) is 0 Å². The van der Waals surface area contributed by atoms with Gasteiger partial charge in [0.05, 0.1) is 0 Å². The summed E-state index contributed by atoms with van der Waals surface area (Å²) in [4.78, 5) is 0. The maximum Gasteiger partial charge on any atom is 0.0340 e. The first kappa shape index (κ1) is 10.4. The highest BCUT2D eigenvalue weighted by atomic mass is 15.1. The molecular weight excluding hydrogens is 194 g/mol. The lowest BCUT2D eigenvalue weighted by Crippen LogP contribution is -2.14. The molecule has 3 heterocycles. The molecule has 1 aromatic rings. The largest absolute Gasteiger partial charge is 0.345 e. The predicted octanol–water partition coefficient (Wildman–Crippen LogP) is 3.83. The highest BCUT2D eigenvalue weighted by Crippen LogP contribution is 2.41. The third kappa shape index (κ3) is 1.30. The maximum atomic E-state index is 2.74. The van der Waals surface area contributed by atoms with E-state index in [0.29, 0.717) is 0 Å². The van der Waals surface area contributed by atoms with Crippen molar-refractivity contribution in [2.45, 2.75) is 71.3 Å². The third-order valence-electron chi connectivity index (χ3n) is 4.53. The van der Waals surface area contributed by atoms with E-state index in [1.807, 2.05) is 0 Å². The summed E-state index contributed by atoms with van der Waals surface area (Å²) < 4.78 is 2.74. The fourth-order valence-electron chi connectivity index (χ4n) is 3.96. The van der Waals surface area contributed by atoms with Gasteiger partial charge in [0.15, 0.2) is 0 Å². The van der Waals surface area contributed by atoms with Crippen molar-refractivity contribution in [3.63, 3.8) is 0 Å². The molecule has 1 aromatic heterocycles. The summed E-state index contributed by atoms with van der Waals surface area (Å²) in [6.07, 6.45) is 10.8. The van der Waals surface area contributed by atoms with Crippen molar-refractivity contribution >= 4 is 0 Å². The van der Waals surface area contributed by atoms with Gasteiger partial charge in [0.25, 0.3) is 0 Å². The molecule has 2 aliphatic heterocycles. The Balaban J connectivity index is 2.15. The Morgan fingerprint density at radius 3 is 2.62 bits per heavy atom. The average molecular weight is 217 g/mol. The SMILES string of the molecule is CCCc1c(CC)c2n3c1CC[C@H]3CCC2. The molecule has 0 radical (unpaired) electrons. The van der Waals surface area contributed by atoms with Gasteiger partial charge in [-0.15, -0.1) is 0 Å². The second-order valence-electron chi connectivity index (χ2n) is 5.41. The lowest BCUT2D eigenvalue weighted by atomic mass is 9.94. The highest BCUT2D eigenvalue weighted by Gasteiger charge is 2.32. The van der Waals surface area contributed by atoms with Crippen LogP contribution in [-0.4, -0.2) is 4.57 Å². The van der Waals surface area contributed by atoms with Crippen LogP contribution in [0.4, 0.5) is 0 Å². The Bertz CT molecular complexity index is 396. The molecule has 0 spiro atoms. The minimum absolute atomic E-state index is 0.870. The average Bonchev–Trinajstić information content (AvgIpc) is 2.85. The van der Waals surface area contributed by atoms with Gasteiger partial charge in [-0.1, -0.05) is 20.3 Å². The van der Waals surface area contributed by atoms with Crippen LogP contribution in [-0.2, 0) is 25.7 Å². The second kappa shape index (κ2) is 3.94. The molecule has 0 aliphatic carbocycles. The molecule has 0 N–H and O–H groups in total. The van der Waals surface area contributed by atoms with Crippen LogP contribution in [0.1, 0.15) is 68.1 Å². The molecule has 16 heavy (non-hydrogen) atoms. The molecule has 3 rings (SSSR count). The maximum absolute atomic E-state index is 2.74. The van der Waals surface area contributed by atoms with Crippen molar-refractivity contribution in [1.82, 2.24) is 4.57 Å². The standard InChI is InChI=1S/C15H23N/c1-3-6-13-12(4-2)14-8-5-7-11-9-10-15(13)16(11)14/h11H,3-10H2,1-2H3/t11-/m1/s1. The molecule has 0 bridgehead atoms. The van der Waals surface area contributed by atoms with Crippen LogP contribution in [0.3, 0.4) is 0 Å². The van der Waals surface area contributed by atoms with Crippen LogP contribution in [0, 0.1) is 0 Å². The Labute approximate surface area is 98.9 Å². The first-order valence-corrected chi connectivity index (χ1v) is 7.10. The van der Waals surface area contributed by atoms with E-state index in [2.05, 4.69) is 18.4 Å². The topological polar surface area (TPSA) is 4.93 Å². The summed E-state index contributed by atoms with van der Waals surface area (Å²) >= 11 is 0. The zero-order valence-electron chi connectivity index (χ0n) is 10.7. The van der Waals surface area contributed by atoms with E-state index in [0.717, 1.165) is 6.04 Å². The van der Waals surface area contributed by atoms with Gasteiger partial charge < -0.3 is 4.57 Å². The number of hydrogen-bond acceptors (Lipinski definition) is 0. The van der Waals surface area contributed by atoms with Crippen LogP contribution in [0.25, 0.3) is 0 Å². The highest BCUT2D eigenvalue weighted by molar-refractivity contribution is 5.42. The molecule has 0 fully saturated rings. The third-order valence-corrected chi connectivity index (χ3v) is 4.53. The normalized spacial score (nSPS) is 22.5. The Morgan fingerprint density at radius 2 is 1.88 bits per heavy atom. The summed E-state index contributed by atoms with van der Waals surface area (Å²) in [5.74, 6) is 0. The van der Waals surface area contributed by atoms with Crippen molar-refractivity contribution in [2.75, 3.05) is 0 Å². The van der Waals surface area contributed by atoms with Gasteiger partial charge in [0, 0.05) is 17.4 Å². The number of nitrogens with zero attached hydrogens (tertiary/aromatic N) is 1. The quantitative estimate of drug-likeness (QED) is 0.725. The minimum atomic E-state index is 0.870. The molecule has 0 amide bonds. The van der Waals surface area contributed by atoms with Crippen LogP contribution < -0.4 is 0 Å². The fourth-order valence-corrected chi connectivity index (χ4v) is 3.96. The molecule has 1 atom stereocenters. The van der Waals surface area contributed by atoms with Gasteiger partial charge >= 0.3 is 0 Å². The molecular formula is C15H23N. The molecule has 1 heteroatoms. The van der Waals surface area contributed by atoms with Crippen molar-refractivity contribution < 1.29 is 0 Å². The molecule has 0 unspecified atom stereocenters. The lowest BCUT2D eigenvalue weighted by molar-refractivity contribution is 0.419. The smallest absolute Gasteiger partial charge is 0.0340 e. The number of aromatic nitrogens is 1. The van der Waals surface area contributed by atoms with Gasteiger partial charge in [0.1, 0.15) is 0 Å².